The van der Waals surface area contributed by atoms with Crippen LogP contribution in [0.4, 0.5) is 0 Å². The minimum absolute atomic E-state index is 0.184. The first-order valence-corrected chi connectivity index (χ1v) is 4.98. The number of esters is 1. The Labute approximate surface area is 95.6 Å². The Bertz CT molecular complexity index is 214. The summed E-state index contributed by atoms with van der Waals surface area (Å²) in [5.41, 5.74) is -0.647. The van der Waals surface area contributed by atoms with Crippen molar-refractivity contribution in [2.24, 2.45) is 0 Å². The van der Waals surface area contributed by atoms with E-state index in [1.54, 1.807) is 27.7 Å². The Morgan fingerprint density at radius 2 is 1.50 bits per heavy atom. The Kier molecular flexibility index (Phi) is 5.88. The van der Waals surface area contributed by atoms with E-state index in [1.165, 1.54) is 14.2 Å². The monoisotopic (exact) mass is 236 g/mol. The molecule has 16 heavy (non-hydrogen) atoms. The molecule has 0 N–H and O–H groups in total. The van der Waals surface area contributed by atoms with Crippen molar-refractivity contribution in [1.29, 1.82) is 0 Å². The standard InChI is InChI=1S/C10H20O6/c1-7-10(15-12-5,16-13-6)8(11)14-9(2,3)4/h7H2,1-6H3. The lowest BCUT2D eigenvalue weighted by Crippen LogP contribution is -2.47. The topological polar surface area (TPSA) is 63.2 Å². The van der Waals surface area contributed by atoms with Gasteiger partial charge >= 0.3 is 11.8 Å². The normalized spacial score (nSPS) is 12.6. The second-order valence-electron chi connectivity index (χ2n) is 4.11. The van der Waals surface area contributed by atoms with E-state index in [-0.39, 0.29) is 6.42 Å². The van der Waals surface area contributed by atoms with E-state index >= 15 is 0 Å². The summed E-state index contributed by atoms with van der Waals surface area (Å²) in [4.78, 5) is 30.4. The molecule has 0 radical (unpaired) electrons. The van der Waals surface area contributed by atoms with Gasteiger partial charge in [0.15, 0.2) is 0 Å². The van der Waals surface area contributed by atoms with Crippen molar-refractivity contribution in [3.05, 3.63) is 0 Å². The zero-order valence-corrected chi connectivity index (χ0v) is 10.7. The van der Waals surface area contributed by atoms with Gasteiger partial charge in [0.2, 0.25) is 0 Å². The van der Waals surface area contributed by atoms with Gasteiger partial charge in [-0.3, -0.25) is 0 Å². The van der Waals surface area contributed by atoms with Gasteiger partial charge in [0, 0.05) is 6.42 Å². The van der Waals surface area contributed by atoms with E-state index in [9.17, 15) is 4.79 Å². The minimum Gasteiger partial charge on any atom is -0.456 e. The molecule has 0 heterocycles. The number of rotatable bonds is 6. The molecule has 0 atom stereocenters. The number of hydrogen-bond acceptors (Lipinski definition) is 6. The van der Waals surface area contributed by atoms with Crippen LogP contribution in [0.5, 0.6) is 0 Å². The van der Waals surface area contributed by atoms with Crippen molar-refractivity contribution in [2.75, 3.05) is 14.2 Å². The summed E-state index contributed by atoms with van der Waals surface area (Å²) in [7, 11) is 2.54. The van der Waals surface area contributed by atoms with E-state index < -0.39 is 17.4 Å². The third-order valence-corrected chi connectivity index (χ3v) is 1.61. The molecule has 0 aliphatic carbocycles. The van der Waals surface area contributed by atoms with E-state index in [0.29, 0.717) is 0 Å². The molecule has 0 spiro atoms. The predicted molar refractivity (Wildman–Crippen MR) is 55.1 cm³/mol. The Morgan fingerprint density at radius 1 is 1.06 bits per heavy atom. The number of hydrogen-bond donors (Lipinski definition) is 0. The lowest BCUT2D eigenvalue weighted by atomic mass is 10.1. The van der Waals surface area contributed by atoms with Gasteiger partial charge in [-0.2, -0.15) is 9.78 Å². The molecule has 6 nitrogen and oxygen atoms in total. The Hall–Kier alpha value is -0.690. The zero-order valence-electron chi connectivity index (χ0n) is 10.7. The summed E-state index contributed by atoms with van der Waals surface area (Å²) in [5.74, 6) is -2.40. The molecule has 0 fully saturated rings. The van der Waals surface area contributed by atoms with Crippen molar-refractivity contribution in [1.82, 2.24) is 0 Å². The molecule has 0 unspecified atom stereocenters. The molecular weight excluding hydrogens is 216 g/mol. The highest BCUT2D eigenvalue weighted by Crippen LogP contribution is 2.23. The van der Waals surface area contributed by atoms with Gasteiger partial charge in [-0.1, -0.05) is 6.92 Å². The van der Waals surface area contributed by atoms with Crippen LogP contribution >= 0.6 is 0 Å². The maximum atomic E-state index is 11.9. The average Bonchev–Trinajstić information content (AvgIpc) is 2.14. The fourth-order valence-electron chi connectivity index (χ4n) is 0.969. The average molecular weight is 236 g/mol. The highest BCUT2D eigenvalue weighted by molar-refractivity contribution is 5.78. The molecule has 0 bridgehead atoms. The van der Waals surface area contributed by atoms with Crippen LogP contribution in [0.15, 0.2) is 0 Å². The van der Waals surface area contributed by atoms with Crippen LogP contribution in [0.2, 0.25) is 0 Å². The molecule has 0 aliphatic rings. The molecule has 0 rings (SSSR count). The molecule has 0 aromatic carbocycles. The van der Waals surface area contributed by atoms with Crippen molar-refractivity contribution in [2.45, 2.75) is 45.5 Å². The second-order valence-corrected chi connectivity index (χ2v) is 4.11. The van der Waals surface area contributed by atoms with Crippen LogP contribution in [-0.2, 0) is 29.1 Å². The first-order chi connectivity index (χ1) is 7.31. The highest BCUT2D eigenvalue weighted by Gasteiger charge is 2.46. The van der Waals surface area contributed by atoms with Crippen LogP contribution in [0.1, 0.15) is 34.1 Å². The van der Waals surface area contributed by atoms with Gasteiger partial charge in [-0.15, -0.1) is 0 Å². The summed E-state index contributed by atoms with van der Waals surface area (Å²) in [5, 5.41) is 0. The van der Waals surface area contributed by atoms with Crippen molar-refractivity contribution in [3.8, 4) is 0 Å². The SMILES string of the molecule is CCC(OOC)(OOC)C(=O)OC(C)(C)C. The molecule has 0 aromatic rings. The molecule has 0 saturated heterocycles. The van der Waals surface area contributed by atoms with Crippen LogP contribution in [-0.4, -0.2) is 31.6 Å². The largest absolute Gasteiger partial charge is 0.456 e. The van der Waals surface area contributed by atoms with E-state index in [4.69, 9.17) is 14.5 Å². The van der Waals surface area contributed by atoms with Gasteiger partial charge in [-0.25, -0.2) is 14.6 Å². The van der Waals surface area contributed by atoms with E-state index in [0.717, 1.165) is 0 Å². The summed E-state index contributed by atoms with van der Waals surface area (Å²) in [6.45, 7) is 6.91. The third kappa shape index (κ3) is 4.44. The van der Waals surface area contributed by atoms with Gasteiger partial charge in [0.25, 0.3) is 0 Å². The first kappa shape index (κ1) is 15.3. The number of carbonyl (C=O) groups excluding carboxylic acids is 1. The predicted octanol–water partition coefficient (Wildman–Crippen LogP) is 1.59. The van der Waals surface area contributed by atoms with Crippen LogP contribution in [0.25, 0.3) is 0 Å². The lowest BCUT2D eigenvalue weighted by Gasteiger charge is -2.29. The summed E-state index contributed by atoms with van der Waals surface area (Å²) < 4.78 is 5.15. The van der Waals surface area contributed by atoms with Crippen molar-refractivity contribution in [3.63, 3.8) is 0 Å². The number of carbonyl (C=O) groups is 1. The smallest absolute Gasteiger partial charge is 0.373 e. The summed E-state index contributed by atoms with van der Waals surface area (Å²) in [6, 6.07) is 0. The van der Waals surface area contributed by atoms with Crippen LogP contribution in [0, 0.1) is 0 Å². The van der Waals surface area contributed by atoms with E-state index in [2.05, 4.69) is 9.78 Å². The summed E-state index contributed by atoms with van der Waals surface area (Å²) >= 11 is 0. The van der Waals surface area contributed by atoms with E-state index in [1.807, 2.05) is 0 Å². The molecule has 0 aliphatic heterocycles. The van der Waals surface area contributed by atoms with Crippen molar-refractivity contribution >= 4 is 5.97 Å². The highest BCUT2D eigenvalue weighted by atomic mass is 17.3. The maximum absolute atomic E-state index is 11.9. The Balaban J connectivity index is 4.79. The molecule has 96 valence electrons. The van der Waals surface area contributed by atoms with Gasteiger partial charge < -0.3 is 4.74 Å². The second kappa shape index (κ2) is 6.15. The third-order valence-electron chi connectivity index (χ3n) is 1.61. The maximum Gasteiger partial charge on any atom is 0.373 e. The molecule has 0 aromatic heterocycles. The zero-order chi connectivity index (χ0) is 12.8. The first-order valence-electron chi connectivity index (χ1n) is 4.98. The quantitative estimate of drug-likeness (QED) is 0.302. The molecule has 6 heteroatoms. The van der Waals surface area contributed by atoms with Gasteiger partial charge in [0.05, 0.1) is 14.2 Å². The fourth-order valence-corrected chi connectivity index (χ4v) is 0.969. The minimum atomic E-state index is -1.70. The van der Waals surface area contributed by atoms with Crippen LogP contribution < -0.4 is 0 Å². The van der Waals surface area contributed by atoms with Crippen molar-refractivity contribution < 1.29 is 29.1 Å². The van der Waals surface area contributed by atoms with Crippen LogP contribution in [0.3, 0.4) is 0 Å². The van der Waals surface area contributed by atoms with Gasteiger partial charge in [-0.05, 0) is 20.8 Å². The molecule has 0 saturated carbocycles. The lowest BCUT2D eigenvalue weighted by molar-refractivity contribution is -0.486. The number of ether oxygens (including phenoxy) is 1. The summed E-state index contributed by atoms with van der Waals surface area (Å²) in [6.07, 6.45) is 0.184. The molecule has 0 amide bonds. The fraction of sp³-hybridized carbons (Fsp3) is 0.900. The Morgan fingerprint density at radius 3 is 1.75 bits per heavy atom. The molecular formula is C10H20O6. The van der Waals surface area contributed by atoms with Gasteiger partial charge in [0.1, 0.15) is 5.60 Å².